The van der Waals surface area contributed by atoms with Gasteiger partial charge in [-0.25, -0.2) is 0 Å². The van der Waals surface area contributed by atoms with Crippen LogP contribution in [0.4, 0.5) is 6.01 Å². The lowest BCUT2D eigenvalue weighted by atomic mass is 10.0. The summed E-state index contributed by atoms with van der Waals surface area (Å²) in [5.74, 6) is 5.05. The van der Waals surface area contributed by atoms with Crippen LogP contribution in [0.15, 0.2) is 28.9 Å². The Morgan fingerprint density at radius 3 is 2.90 bits per heavy atom. The predicted octanol–water partition coefficient (Wildman–Crippen LogP) is 1.89. The second-order valence-electron chi connectivity index (χ2n) is 4.24. The van der Waals surface area contributed by atoms with Crippen molar-refractivity contribution in [3.8, 4) is 11.8 Å². The molecular formula is C15H14N2O3. The fourth-order valence-corrected chi connectivity index (χ4v) is 1.61. The number of aliphatic hydroxyl groups is 1. The van der Waals surface area contributed by atoms with Crippen LogP contribution in [0.5, 0.6) is 0 Å². The van der Waals surface area contributed by atoms with Crippen LogP contribution in [0, 0.1) is 25.7 Å². The van der Waals surface area contributed by atoms with Crippen LogP contribution in [-0.2, 0) is 0 Å². The van der Waals surface area contributed by atoms with Gasteiger partial charge in [0.1, 0.15) is 12.9 Å². The van der Waals surface area contributed by atoms with E-state index in [0.29, 0.717) is 16.8 Å². The molecule has 0 saturated heterocycles. The van der Waals surface area contributed by atoms with Crippen LogP contribution in [-0.4, -0.2) is 22.6 Å². The third-order valence-corrected chi connectivity index (χ3v) is 2.64. The molecule has 0 aliphatic carbocycles. The normalized spacial score (nSPS) is 9.75. The van der Waals surface area contributed by atoms with Gasteiger partial charge in [-0.1, -0.05) is 17.9 Å². The topological polar surface area (TPSA) is 75.4 Å². The SMILES string of the molecule is Cc1coc(NC(=O)c2ccc(C)c(C#CCO)c2)n1. The second-order valence-corrected chi connectivity index (χ2v) is 4.24. The average Bonchev–Trinajstić information content (AvgIpc) is 2.83. The Morgan fingerprint density at radius 2 is 2.25 bits per heavy atom. The van der Waals surface area contributed by atoms with Gasteiger partial charge in [0.05, 0.1) is 5.69 Å². The minimum absolute atomic E-state index is 0.163. The van der Waals surface area contributed by atoms with E-state index in [9.17, 15) is 4.79 Å². The lowest BCUT2D eigenvalue weighted by Gasteiger charge is -2.04. The summed E-state index contributed by atoms with van der Waals surface area (Å²) in [6, 6.07) is 5.33. The summed E-state index contributed by atoms with van der Waals surface area (Å²) in [6.45, 7) is 3.44. The fourth-order valence-electron chi connectivity index (χ4n) is 1.61. The quantitative estimate of drug-likeness (QED) is 0.817. The highest BCUT2D eigenvalue weighted by atomic mass is 16.4. The summed E-state index contributed by atoms with van der Waals surface area (Å²) >= 11 is 0. The first-order valence-electron chi connectivity index (χ1n) is 6.04. The second kappa shape index (κ2) is 6.04. The Balaban J connectivity index is 2.22. The fraction of sp³-hybridized carbons (Fsp3) is 0.200. The van der Waals surface area contributed by atoms with Crippen LogP contribution < -0.4 is 5.32 Å². The highest BCUT2D eigenvalue weighted by Gasteiger charge is 2.10. The zero-order chi connectivity index (χ0) is 14.5. The van der Waals surface area contributed by atoms with E-state index in [-0.39, 0.29) is 18.5 Å². The van der Waals surface area contributed by atoms with E-state index in [1.54, 1.807) is 25.1 Å². The molecule has 5 nitrogen and oxygen atoms in total. The molecule has 5 heteroatoms. The van der Waals surface area contributed by atoms with Crippen molar-refractivity contribution in [1.82, 2.24) is 4.98 Å². The lowest BCUT2D eigenvalue weighted by molar-refractivity contribution is 0.102. The predicted molar refractivity (Wildman–Crippen MR) is 74.3 cm³/mol. The summed E-state index contributed by atoms with van der Waals surface area (Å²) in [5.41, 5.74) is 2.79. The molecule has 0 atom stereocenters. The monoisotopic (exact) mass is 270 g/mol. The Hall–Kier alpha value is -2.58. The average molecular weight is 270 g/mol. The number of carbonyl (C=O) groups excluding carboxylic acids is 1. The number of nitrogens with zero attached hydrogens (tertiary/aromatic N) is 1. The smallest absolute Gasteiger partial charge is 0.301 e. The molecule has 0 bridgehead atoms. The van der Waals surface area contributed by atoms with Gasteiger partial charge in [-0.2, -0.15) is 4.98 Å². The van der Waals surface area contributed by atoms with Crippen LogP contribution in [0.3, 0.4) is 0 Å². The summed E-state index contributed by atoms with van der Waals surface area (Å²) in [6.07, 6.45) is 1.46. The third kappa shape index (κ3) is 3.25. The molecule has 0 saturated carbocycles. The first-order chi connectivity index (χ1) is 9.60. The van der Waals surface area contributed by atoms with E-state index >= 15 is 0 Å². The molecule has 2 rings (SSSR count). The number of benzene rings is 1. The van der Waals surface area contributed by atoms with Gasteiger partial charge in [-0.15, -0.1) is 0 Å². The summed E-state index contributed by atoms with van der Waals surface area (Å²) in [4.78, 5) is 16.1. The standard InChI is InChI=1S/C15H14N2O3/c1-10-5-6-13(8-12(10)4-3-7-18)14(19)17-15-16-11(2)9-20-15/h5-6,8-9,18H,7H2,1-2H3,(H,16,17,19). The van der Waals surface area contributed by atoms with Crippen molar-refractivity contribution in [2.45, 2.75) is 13.8 Å². The maximum atomic E-state index is 12.1. The Bertz CT molecular complexity index is 693. The van der Waals surface area contributed by atoms with E-state index in [1.165, 1.54) is 6.26 Å². The number of aryl methyl sites for hydroxylation is 2. The molecule has 0 aliphatic rings. The van der Waals surface area contributed by atoms with Gasteiger partial charge in [0.25, 0.3) is 5.91 Å². The summed E-state index contributed by atoms with van der Waals surface area (Å²) < 4.78 is 5.07. The molecule has 1 aromatic carbocycles. The Labute approximate surface area is 116 Å². The lowest BCUT2D eigenvalue weighted by Crippen LogP contribution is -2.12. The molecule has 0 aliphatic heterocycles. The summed E-state index contributed by atoms with van der Waals surface area (Å²) in [7, 11) is 0. The van der Waals surface area contributed by atoms with Crippen LogP contribution in [0.1, 0.15) is 27.2 Å². The number of hydrogen-bond acceptors (Lipinski definition) is 4. The van der Waals surface area contributed by atoms with Crippen LogP contribution in [0.25, 0.3) is 0 Å². The van der Waals surface area contributed by atoms with Crippen molar-refractivity contribution in [3.63, 3.8) is 0 Å². The van der Waals surface area contributed by atoms with Gasteiger partial charge in [-0.05, 0) is 31.5 Å². The van der Waals surface area contributed by atoms with Crippen molar-refractivity contribution >= 4 is 11.9 Å². The van der Waals surface area contributed by atoms with Gasteiger partial charge in [0.15, 0.2) is 0 Å². The van der Waals surface area contributed by atoms with E-state index in [4.69, 9.17) is 9.52 Å². The van der Waals surface area contributed by atoms with Crippen molar-refractivity contribution in [1.29, 1.82) is 0 Å². The van der Waals surface area contributed by atoms with Gasteiger partial charge in [-0.3, -0.25) is 10.1 Å². The van der Waals surface area contributed by atoms with Crippen molar-refractivity contribution < 1.29 is 14.3 Å². The molecular weight excluding hydrogens is 256 g/mol. The number of rotatable bonds is 2. The number of aliphatic hydroxyl groups excluding tert-OH is 1. The van der Waals surface area contributed by atoms with Crippen molar-refractivity contribution in [3.05, 3.63) is 46.8 Å². The molecule has 2 N–H and O–H groups in total. The Kier molecular flexibility index (Phi) is 4.18. The highest BCUT2D eigenvalue weighted by Crippen LogP contribution is 2.13. The van der Waals surface area contributed by atoms with Gasteiger partial charge < -0.3 is 9.52 Å². The summed E-state index contributed by atoms with van der Waals surface area (Å²) in [5, 5.41) is 11.3. The highest BCUT2D eigenvalue weighted by molar-refractivity contribution is 6.03. The molecule has 1 amide bonds. The molecule has 0 spiro atoms. The minimum Gasteiger partial charge on any atom is -0.432 e. The first kappa shape index (κ1) is 13.8. The first-order valence-corrected chi connectivity index (χ1v) is 6.04. The largest absolute Gasteiger partial charge is 0.432 e. The maximum Gasteiger partial charge on any atom is 0.301 e. The molecule has 0 unspecified atom stereocenters. The van der Waals surface area contributed by atoms with Gasteiger partial charge >= 0.3 is 6.01 Å². The zero-order valence-corrected chi connectivity index (χ0v) is 11.2. The third-order valence-electron chi connectivity index (χ3n) is 2.64. The number of anilines is 1. The number of oxazole rings is 1. The van der Waals surface area contributed by atoms with Crippen molar-refractivity contribution in [2.24, 2.45) is 0 Å². The number of hydrogen-bond donors (Lipinski definition) is 2. The van der Waals surface area contributed by atoms with E-state index in [2.05, 4.69) is 22.1 Å². The molecule has 1 aromatic heterocycles. The number of amides is 1. The molecule has 20 heavy (non-hydrogen) atoms. The van der Waals surface area contributed by atoms with E-state index in [0.717, 1.165) is 5.56 Å². The van der Waals surface area contributed by atoms with Crippen LogP contribution in [0.2, 0.25) is 0 Å². The van der Waals surface area contributed by atoms with Crippen molar-refractivity contribution in [2.75, 3.05) is 11.9 Å². The molecule has 0 radical (unpaired) electrons. The molecule has 2 aromatic rings. The minimum atomic E-state index is -0.320. The van der Waals surface area contributed by atoms with Gasteiger partial charge in [0.2, 0.25) is 0 Å². The number of nitrogens with one attached hydrogen (secondary N) is 1. The molecule has 102 valence electrons. The molecule has 1 heterocycles. The van der Waals surface area contributed by atoms with E-state index < -0.39 is 0 Å². The van der Waals surface area contributed by atoms with Crippen LogP contribution >= 0.6 is 0 Å². The number of aromatic nitrogens is 1. The maximum absolute atomic E-state index is 12.1. The Morgan fingerprint density at radius 1 is 1.45 bits per heavy atom. The number of carbonyl (C=O) groups is 1. The van der Waals surface area contributed by atoms with E-state index in [1.807, 2.05) is 6.92 Å². The molecule has 0 fully saturated rings. The van der Waals surface area contributed by atoms with Gasteiger partial charge in [0, 0.05) is 11.1 Å². The zero-order valence-electron chi connectivity index (χ0n) is 11.2.